The fraction of sp³-hybridized carbons (Fsp3) is 0.143. The van der Waals surface area contributed by atoms with Crippen molar-refractivity contribution >= 4 is 32.8 Å². The van der Waals surface area contributed by atoms with E-state index < -0.39 is 66.3 Å². The Labute approximate surface area is 414 Å². The lowest BCUT2D eigenvalue weighted by Gasteiger charge is -2.21. The molecule has 332 valence electrons. The summed E-state index contributed by atoms with van der Waals surface area (Å²) in [5.74, 6) is 0.736. The largest absolute Gasteiger partial charge is 0.458 e. The summed E-state index contributed by atoms with van der Waals surface area (Å²) in [5.41, 5.74) is 7.62. The second-order valence-corrected chi connectivity index (χ2v) is 18.3. The Bertz CT molecular complexity index is 4150. The first kappa shape index (κ1) is 31.8. The maximum absolute atomic E-state index is 9.72. The first-order valence-corrected chi connectivity index (χ1v) is 22.7. The van der Waals surface area contributed by atoms with Crippen molar-refractivity contribution in [2.75, 3.05) is 0 Å². The normalized spacial score (nSPS) is 15.1. The van der Waals surface area contributed by atoms with Gasteiger partial charge < -0.3 is 4.74 Å². The Morgan fingerprint density at radius 2 is 1.28 bits per heavy atom. The SMILES string of the molecule is [2H]c1c([2H])c([2H])c(-c2cccc(-c3c([2H])c([2H])c([2H])c([2H])c3[2H])c2-[n+]2[c-]n(-c3cccc(Oc4ccc5c6cc(C(C)(C)C)ccc6n(-c6cc(C([2H])(C)C(C)C)c(-c7ccccc7)cn6)c5c4)c3)c3ccccc32)c([2H])c1[2H]. The number of imidazole rings is 1. The summed E-state index contributed by atoms with van der Waals surface area (Å²) in [4.78, 5) is 5.14. The van der Waals surface area contributed by atoms with Crippen LogP contribution >= 0.6 is 0 Å². The third kappa shape index (κ3) is 7.74. The zero-order valence-electron chi connectivity index (χ0n) is 49.6. The highest BCUT2D eigenvalue weighted by Crippen LogP contribution is 2.41. The summed E-state index contributed by atoms with van der Waals surface area (Å²) in [7, 11) is 0. The van der Waals surface area contributed by atoms with Gasteiger partial charge in [-0.15, -0.1) is 0 Å². The quantitative estimate of drug-likeness (QED) is 0.101. The van der Waals surface area contributed by atoms with Gasteiger partial charge in [-0.25, -0.2) is 4.98 Å². The van der Waals surface area contributed by atoms with E-state index in [1.54, 1.807) is 27.3 Å². The Morgan fingerprint density at radius 3 is 1.99 bits per heavy atom. The molecule has 1 atom stereocenters. The minimum Gasteiger partial charge on any atom is -0.458 e. The number of fused-ring (bicyclic) bond motifs is 4. The summed E-state index contributed by atoms with van der Waals surface area (Å²) in [6.45, 7) is 12.7. The van der Waals surface area contributed by atoms with Gasteiger partial charge >= 0.3 is 0 Å². The smallest absolute Gasteiger partial charge is 0.269 e. The molecule has 0 saturated carbocycles. The predicted octanol–water partition coefficient (Wildman–Crippen LogP) is 16.0. The van der Waals surface area contributed by atoms with Crippen LogP contribution in [-0.4, -0.2) is 14.1 Å². The van der Waals surface area contributed by atoms with Crippen molar-refractivity contribution in [1.29, 1.82) is 0 Å². The first-order chi connectivity index (χ1) is 37.6. The fourth-order valence-corrected chi connectivity index (χ4v) is 9.03. The lowest BCUT2D eigenvalue weighted by Crippen LogP contribution is -2.31. The Kier molecular flexibility index (Phi) is 8.11. The zero-order valence-corrected chi connectivity index (χ0v) is 38.6. The predicted molar refractivity (Wildman–Crippen MR) is 281 cm³/mol. The molecule has 0 bridgehead atoms. The highest BCUT2D eigenvalue weighted by atomic mass is 16.5. The molecule has 11 aromatic rings. The maximum atomic E-state index is 9.72. The summed E-state index contributed by atoms with van der Waals surface area (Å²) >= 11 is 0. The molecular weight excluding hydrogens is 829 g/mol. The van der Waals surface area contributed by atoms with Crippen LogP contribution in [0.15, 0.2) is 206 Å². The van der Waals surface area contributed by atoms with Crippen molar-refractivity contribution in [3.8, 4) is 62.1 Å². The second kappa shape index (κ2) is 17.3. The van der Waals surface area contributed by atoms with Crippen LogP contribution in [0.3, 0.4) is 0 Å². The third-order valence-corrected chi connectivity index (χ3v) is 12.8. The average Bonchev–Trinajstić information content (AvgIpc) is 3.97. The molecule has 0 aliphatic rings. The van der Waals surface area contributed by atoms with Gasteiger partial charge in [0.15, 0.2) is 0 Å². The molecule has 0 spiro atoms. The number of nitrogens with zero attached hydrogens (tertiary/aromatic N) is 4. The van der Waals surface area contributed by atoms with E-state index >= 15 is 0 Å². The molecule has 8 aromatic carbocycles. The van der Waals surface area contributed by atoms with Crippen molar-refractivity contribution < 1.29 is 24.4 Å². The van der Waals surface area contributed by atoms with Crippen molar-refractivity contribution in [2.45, 2.75) is 52.9 Å². The van der Waals surface area contributed by atoms with Gasteiger partial charge in [-0.05, 0) is 105 Å². The molecule has 0 fully saturated rings. The molecule has 5 heteroatoms. The topological polar surface area (TPSA) is 35.9 Å². The Morgan fingerprint density at radius 1 is 0.603 bits per heavy atom. The van der Waals surface area contributed by atoms with Gasteiger partial charge in [0.1, 0.15) is 17.3 Å². The van der Waals surface area contributed by atoms with E-state index in [-0.39, 0.29) is 39.3 Å². The highest BCUT2D eigenvalue weighted by Gasteiger charge is 2.23. The number of aromatic nitrogens is 4. The standard InChI is InChI=1S/C63H54N4O/c1-42(2)43(3)54-39-61(64-40-56(54)46-24-14-9-15-25-46)67-57-35-32-47(63(4,5)6)36-55(57)53-34-33-50(38-60(53)67)68-49-27-18-26-48(37-49)65-41-66(59-31-17-16-30-58(59)65)62-51(44-20-10-7-11-21-44)28-19-29-52(62)45-22-12-8-13-23-45/h7-40,42-43H,1-6H3/i7D,8D,10D,11D,12D,13D,20D,21D,22D,23D,43D. The van der Waals surface area contributed by atoms with E-state index in [0.717, 1.165) is 38.5 Å². The van der Waals surface area contributed by atoms with Gasteiger partial charge in [-0.3, -0.25) is 13.7 Å². The molecular formula is C63H54N4O. The molecule has 0 aliphatic heterocycles. The molecule has 0 N–H and O–H groups in total. The fourth-order valence-electron chi connectivity index (χ4n) is 9.03. The molecule has 0 amide bonds. The van der Waals surface area contributed by atoms with Crippen LogP contribution in [0.2, 0.25) is 0 Å². The molecule has 3 heterocycles. The van der Waals surface area contributed by atoms with E-state index in [9.17, 15) is 1.37 Å². The van der Waals surface area contributed by atoms with Crippen LogP contribution in [0.1, 0.15) is 73.6 Å². The lowest BCUT2D eigenvalue weighted by molar-refractivity contribution is -0.571. The van der Waals surface area contributed by atoms with Crippen molar-refractivity contribution in [3.63, 3.8) is 0 Å². The number of pyridine rings is 1. The van der Waals surface area contributed by atoms with Crippen LogP contribution < -0.4 is 9.30 Å². The van der Waals surface area contributed by atoms with E-state index in [4.69, 9.17) is 23.4 Å². The molecule has 11 rings (SSSR count). The van der Waals surface area contributed by atoms with Crippen LogP contribution in [0.25, 0.3) is 83.4 Å². The Balaban J connectivity index is 1.08. The third-order valence-electron chi connectivity index (χ3n) is 12.8. The monoisotopic (exact) mass is 893 g/mol. The molecule has 0 saturated heterocycles. The van der Waals surface area contributed by atoms with Crippen LogP contribution in [0, 0.1) is 12.2 Å². The molecule has 68 heavy (non-hydrogen) atoms. The number of rotatable bonds is 10. The number of hydrogen-bond donors (Lipinski definition) is 0. The van der Waals surface area contributed by atoms with Gasteiger partial charge in [0.2, 0.25) is 0 Å². The molecule has 0 aliphatic carbocycles. The summed E-state index contributed by atoms with van der Waals surface area (Å²) in [6, 6.07) is 39.0. The van der Waals surface area contributed by atoms with Crippen molar-refractivity contribution in [2.24, 2.45) is 5.92 Å². The van der Waals surface area contributed by atoms with Gasteiger partial charge in [-0.2, -0.15) is 0 Å². The number of ether oxygens (including phenoxy) is 1. The van der Waals surface area contributed by atoms with Crippen molar-refractivity contribution in [3.05, 3.63) is 224 Å². The van der Waals surface area contributed by atoms with Crippen LogP contribution in [0.4, 0.5) is 0 Å². The maximum Gasteiger partial charge on any atom is 0.269 e. The molecule has 3 aromatic heterocycles. The molecule has 5 nitrogen and oxygen atoms in total. The first-order valence-electron chi connectivity index (χ1n) is 28.2. The summed E-state index contributed by atoms with van der Waals surface area (Å²) in [6.07, 6.45) is 5.34. The van der Waals surface area contributed by atoms with E-state index in [1.165, 1.54) is 5.56 Å². The van der Waals surface area contributed by atoms with Gasteiger partial charge in [0.25, 0.3) is 6.33 Å². The van der Waals surface area contributed by atoms with Crippen LogP contribution in [0.5, 0.6) is 11.5 Å². The zero-order chi connectivity index (χ0) is 56.1. The second-order valence-electron chi connectivity index (χ2n) is 18.3. The lowest BCUT2D eigenvalue weighted by atomic mass is 9.86. The van der Waals surface area contributed by atoms with Crippen LogP contribution in [-0.2, 0) is 5.41 Å². The average molecular weight is 894 g/mol. The summed E-state index contributed by atoms with van der Waals surface area (Å²) in [5, 5.41) is 2.05. The Hall–Kier alpha value is -8.02. The number of hydrogen-bond acceptors (Lipinski definition) is 2. The van der Waals surface area contributed by atoms with E-state index in [1.807, 2.05) is 92.0 Å². The number of benzene rings is 8. The van der Waals surface area contributed by atoms with Crippen molar-refractivity contribution in [1.82, 2.24) is 14.1 Å². The molecule has 0 radical (unpaired) electrons. The van der Waals surface area contributed by atoms with E-state index in [2.05, 4.69) is 88.0 Å². The number of para-hydroxylation sites is 3. The molecule has 1 unspecified atom stereocenters. The summed E-state index contributed by atoms with van der Waals surface area (Å²) < 4.78 is 110. The van der Waals surface area contributed by atoms with E-state index in [0.29, 0.717) is 34.0 Å². The highest BCUT2D eigenvalue weighted by molar-refractivity contribution is 6.10. The van der Waals surface area contributed by atoms with Gasteiger partial charge in [0, 0.05) is 30.0 Å². The van der Waals surface area contributed by atoms with Gasteiger partial charge in [-0.1, -0.05) is 187 Å². The minimum absolute atomic E-state index is 0.0117. The van der Waals surface area contributed by atoms with Gasteiger partial charge in [0.05, 0.1) is 47.1 Å². The minimum atomic E-state index is -0.956.